The topological polar surface area (TPSA) is 54.9 Å². The van der Waals surface area contributed by atoms with E-state index in [1.165, 1.54) is 18.2 Å². The minimum atomic E-state index is -0.616. The summed E-state index contributed by atoms with van der Waals surface area (Å²) in [4.78, 5) is 11.9. The van der Waals surface area contributed by atoms with Gasteiger partial charge in [-0.2, -0.15) is 0 Å². The van der Waals surface area contributed by atoms with Crippen LogP contribution in [0.15, 0.2) is 24.3 Å². The Labute approximate surface area is 122 Å². The average molecular weight is 321 g/mol. The van der Waals surface area contributed by atoms with Crippen LogP contribution in [0.4, 0.5) is 10.1 Å². The van der Waals surface area contributed by atoms with Gasteiger partial charge in [0, 0.05) is 0 Å². The fraction of sp³-hybridized carbons (Fsp3) is 0. The van der Waals surface area contributed by atoms with E-state index in [0.29, 0.717) is 0 Å². The second-order valence-electron chi connectivity index (χ2n) is 3.45. The largest absolute Gasteiger partial charge is 0.320 e. The first-order valence-corrected chi connectivity index (χ1v) is 6.06. The Morgan fingerprint density at radius 2 is 1.89 bits per heavy atom. The van der Waals surface area contributed by atoms with Crippen LogP contribution in [0.3, 0.4) is 0 Å². The summed E-state index contributed by atoms with van der Waals surface area (Å²) in [5, 5.41) is 9.48. The molecule has 0 fully saturated rings. The lowest BCUT2D eigenvalue weighted by molar-refractivity contribution is 0.102. The first-order valence-electron chi connectivity index (χ1n) is 4.92. The van der Waals surface area contributed by atoms with Gasteiger partial charge in [0.05, 0.1) is 16.3 Å². The number of aromatic nitrogens is 2. The molecule has 0 saturated heterocycles. The minimum absolute atomic E-state index is 0.0138. The third kappa shape index (κ3) is 3.32. The van der Waals surface area contributed by atoms with Crippen LogP contribution in [0, 0.1) is 5.82 Å². The van der Waals surface area contributed by atoms with Gasteiger partial charge in [-0.15, -0.1) is 10.2 Å². The molecule has 2 rings (SSSR count). The van der Waals surface area contributed by atoms with Gasteiger partial charge in [-0.25, -0.2) is 4.39 Å². The van der Waals surface area contributed by atoms with E-state index in [-0.39, 0.29) is 26.6 Å². The molecule has 1 aromatic heterocycles. The molecule has 98 valence electrons. The lowest BCUT2D eigenvalue weighted by Crippen LogP contribution is -2.14. The molecule has 0 aliphatic heterocycles. The molecule has 1 amide bonds. The SMILES string of the molecule is O=C(Nc1cc(F)ccc1Cl)c1cc(Cl)nnc1Cl. The molecule has 1 N–H and O–H groups in total. The molecule has 0 radical (unpaired) electrons. The van der Waals surface area contributed by atoms with Gasteiger partial charge in [-0.05, 0) is 24.3 Å². The number of nitrogens with zero attached hydrogens (tertiary/aromatic N) is 2. The molecular weight excluding hydrogens is 315 g/mol. The van der Waals surface area contributed by atoms with Gasteiger partial charge in [0.1, 0.15) is 5.82 Å². The number of rotatable bonds is 2. The predicted molar refractivity (Wildman–Crippen MR) is 71.4 cm³/mol. The standard InChI is InChI=1S/C11H5Cl3FN3O/c12-7-2-1-5(15)3-8(7)16-11(19)6-4-9(13)17-18-10(6)14/h1-4H,(H,16,19). The normalized spacial score (nSPS) is 10.3. The maximum Gasteiger partial charge on any atom is 0.259 e. The molecule has 1 aromatic carbocycles. The summed E-state index contributed by atoms with van der Waals surface area (Å²) < 4.78 is 13.1. The molecule has 0 saturated carbocycles. The van der Waals surface area contributed by atoms with Crippen LogP contribution in [0.25, 0.3) is 0 Å². The fourth-order valence-corrected chi connectivity index (χ4v) is 1.79. The van der Waals surface area contributed by atoms with Crippen LogP contribution in [0.2, 0.25) is 15.3 Å². The highest BCUT2D eigenvalue weighted by molar-refractivity contribution is 6.36. The molecule has 19 heavy (non-hydrogen) atoms. The number of halogens is 4. The summed E-state index contributed by atoms with van der Waals surface area (Å²) in [7, 11) is 0. The number of anilines is 1. The van der Waals surface area contributed by atoms with Crippen molar-refractivity contribution in [3.8, 4) is 0 Å². The lowest BCUT2D eigenvalue weighted by atomic mass is 10.2. The second kappa shape index (κ2) is 5.69. The number of nitrogens with one attached hydrogen (secondary N) is 1. The third-order valence-corrected chi connectivity index (χ3v) is 2.93. The van der Waals surface area contributed by atoms with Crippen molar-refractivity contribution in [1.82, 2.24) is 10.2 Å². The molecule has 4 nitrogen and oxygen atoms in total. The molecule has 0 bridgehead atoms. The van der Waals surface area contributed by atoms with E-state index in [2.05, 4.69) is 15.5 Å². The van der Waals surface area contributed by atoms with E-state index in [1.54, 1.807) is 0 Å². The van der Waals surface area contributed by atoms with Crippen molar-refractivity contribution in [2.24, 2.45) is 0 Å². The lowest BCUT2D eigenvalue weighted by Gasteiger charge is -2.08. The zero-order valence-electron chi connectivity index (χ0n) is 9.12. The quantitative estimate of drug-likeness (QED) is 0.915. The maximum atomic E-state index is 13.1. The molecular formula is C11H5Cl3FN3O. The summed E-state index contributed by atoms with van der Waals surface area (Å²) in [6.07, 6.45) is 0. The van der Waals surface area contributed by atoms with Crippen LogP contribution in [0.5, 0.6) is 0 Å². The maximum absolute atomic E-state index is 13.1. The van der Waals surface area contributed by atoms with E-state index in [0.717, 1.165) is 6.07 Å². The van der Waals surface area contributed by atoms with Crippen LogP contribution >= 0.6 is 34.8 Å². The van der Waals surface area contributed by atoms with Gasteiger partial charge >= 0.3 is 0 Å². The van der Waals surface area contributed by atoms with Crippen molar-refractivity contribution < 1.29 is 9.18 Å². The van der Waals surface area contributed by atoms with Gasteiger partial charge in [0.15, 0.2) is 10.3 Å². The minimum Gasteiger partial charge on any atom is -0.320 e. The molecule has 0 aliphatic carbocycles. The second-order valence-corrected chi connectivity index (χ2v) is 4.60. The van der Waals surface area contributed by atoms with E-state index in [1.807, 2.05) is 0 Å². The van der Waals surface area contributed by atoms with Crippen LogP contribution in [-0.4, -0.2) is 16.1 Å². The number of carbonyl (C=O) groups excluding carboxylic acids is 1. The van der Waals surface area contributed by atoms with Gasteiger partial charge in [0.25, 0.3) is 5.91 Å². The van der Waals surface area contributed by atoms with Crippen molar-refractivity contribution in [3.05, 3.63) is 51.0 Å². The van der Waals surface area contributed by atoms with E-state index in [9.17, 15) is 9.18 Å². The highest BCUT2D eigenvalue weighted by atomic mass is 35.5. The van der Waals surface area contributed by atoms with Crippen LogP contribution < -0.4 is 5.32 Å². The summed E-state index contributed by atoms with van der Waals surface area (Å²) in [5.74, 6) is -1.15. The number of carbonyl (C=O) groups is 1. The van der Waals surface area contributed by atoms with Crippen LogP contribution in [-0.2, 0) is 0 Å². The zero-order chi connectivity index (χ0) is 14.0. The third-order valence-electron chi connectivity index (χ3n) is 2.14. The smallest absolute Gasteiger partial charge is 0.259 e. The Kier molecular flexibility index (Phi) is 4.19. The first-order chi connectivity index (χ1) is 8.97. The Balaban J connectivity index is 2.30. The predicted octanol–water partition coefficient (Wildman–Crippen LogP) is 3.83. The van der Waals surface area contributed by atoms with E-state index in [4.69, 9.17) is 34.8 Å². The Morgan fingerprint density at radius 3 is 2.63 bits per heavy atom. The highest BCUT2D eigenvalue weighted by Gasteiger charge is 2.15. The van der Waals surface area contributed by atoms with Gasteiger partial charge < -0.3 is 5.32 Å². The first kappa shape index (κ1) is 14.0. The Morgan fingerprint density at radius 1 is 1.16 bits per heavy atom. The number of hydrogen-bond acceptors (Lipinski definition) is 3. The average Bonchev–Trinajstić information content (AvgIpc) is 2.36. The number of benzene rings is 1. The molecule has 2 aromatic rings. The van der Waals surface area contributed by atoms with Crippen molar-refractivity contribution in [3.63, 3.8) is 0 Å². The number of hydrogen-bond donors (Lipinski definition) is 1. The summed E-state index contributed by atoms with van der Waals surface area (Å²) in [6, 6.07) is 4.84. The van der Waals surface area contributed by atoms with Crippen molar-refractivity contribution in [2.45, 2.75) is 0 Å². The number of amides is 1. The zero-order valence-corrected chi connectivity index (χ0v) is 11.4. The van der Waals surface area contributed by atoms with Crippen LogP contribution in [0.1, 0.15) is 10.4 Å². The van der Waals surface area contributed by atoms with Gasteiger partial charge in [0.2, 0.25) is 0 Å². The molecule has 0 spiro atoms. The van der Waals surface area contributed by atoms with Crippen molar-refractivity contribution >= 4 is 46.4 Å². The van der Waals surface area contributed by atoms with Gasteiger partial charge in [-0.1, -0.05) is 34.8 Å². The molecule has 0 atom stereocenters. The summed E-state index contributed by atoms with van der Waals surface area (Å²) >= 11 is 17.2. The van der Waals surface area contributed by atoms with Crippen molar-refractivity contribution in [1.29, 1.82) is 0 Å². The Bertz CT molecular complexity index is 651. The Hall–Kier alpha value is -1.43. The fourth-order valence-electron chi connectivity index (χ4n) is 1.30. The highest BCUT2D eigenvalue weighted by Crippen LogP contribution is 2.24. The monoisotopic (exact) mass is 319 g/mol. The van der Waals surface area contributed by atoms with Crippen molar-refractivity contribution in [2.75, 3.05) is 5.32 Å². The van der Waals surface area contributed by atoms with Gasteiger partial charge in [-0.3, -0.25) is 4.79 Å². The molecule has 0 aliphatic rings. The van der Waals surface area contributed by atoms with E-state index >= 15 is 0 Å². The summed E-state index contributed by atoms with van der Waals surface area (Å²) in [5.41, 5.74) is 0.137. The molecule has 8 heteroatoms. The summed E-state index contributed by atoms with van der Waals surface area (Å²) in [6.45, 7) is 0. The molecule has 1 heterocycles. The van der Waals surface area contributed by atoms with E-state index < -0.39 is 11.7 Å². The molecule has 0 unspecified atom stereocenters.